The Kier molecular flexibility index (Phi) is 3.65. The standard InChI is InChI=1S/C23H22O/c1-4-17-8-9-21-20(14-17)23-19(6-5-7-22(23)24-21)13-18-11-15(2)10-16(3)12-18/h5-12,14H,4,13H2,1-3H3. The number of benzene rings is 3. The zero-order valence-corrected chi connectivity index (χ0v) is 14.5. The van der Waals surface area contributed by atoms with Gasteiger partial charge in [0, 0.05) is 10.8 Å². The molecule has 1 aromatic heterocycles. The van der Waals surface area contributed by atoms with Crippen LogP contribution in [-0.4, -0.2) is 0 Å². The van der Waals surface area contributed by atoms with Gasteiger partial charge in [0.15, 0.2) is 0 Å². The fourth-order valence-corrected chi connectivity index (χ4v) is 3.71. The van der Waals surface area contributed by atoms with Crippen molar-refractivity contribution < 1.29 is 4.42 Å². The van der Waals surface area contributed by atoms with Crippen molar-refractivity contribution in [3.8, 4) is 0 Å². The van der Waals surface area contributed by atoms with Crippen LogP contribution in [0, 0.1) is 13.8 Å². The number of rotatable bonds is 3. The van der Waals surface area contributed by atoms with Crippen LogP contribution in [0.2, 0.25) is 0 Å². The normalized spacial score (nSPS) is 11.5. The van der Waals surface area contributed by atoms with Crippen molar-refractivity contribution in [2.45, 2.75) is 33.6 Å². The first-order chi connectivity index (χ1) is 11.6. The molecule has 1 heteroatoms. The van der Waals surface area contributed by atoms with Gasteiger partial charge in [-0.25, -0.2) is 0 Å². The molecule has 0 atom stereocenters. The zero-order valence-electron chi connectivity index (χ0n) is 14.5. The minimum atomic E-state index is 0.935. The fraction of sp³-hybridized carbons (Fsp3) is 0.217. The van der Waals surface area contributed by atoms with Crippen LogP contribution >= 0.6 is 0 Å². The van der Waals surface area contributed by atoms with E-state index in [0.717, 1.165) is 24.0 Å². The van der Waals surface area contributed by atoms with Gasteiger partial charge in [-0.2, -0.15) is 0 Å². The summed E-state index contributed by atoms with van der Waals surface area (Å²) in [5.74, 6) is 0. The molecule has 0 aliphatic rings. The Morgan fingerprint density at radius 1 is 0.792 bits per heavy atom. The predicted octanol–water partition coefficient (Wildman–Crippen LogP) is 6.36. The molecule has 0 amide bonds. The van der Waals surface area contributed by atoms with E-state index < -0.39 is 0 Å². The lowest BCUT2D eigenvalue weighted by Crippen LogP contribution is -1.91. The summed E-state index contributed by atoms with van der Waals surface area (Å²) in [4.78, 5) is 0. The third kappa shape index (κ3) is 2.60. The number of furan rings is 1. The molecule has 0 aliphatic heterocycles. The number of hydrogen-bond donors (Lipinski definition) is 0. The highest BCUT2D eigenvalue weighted by Crippen LogP contribution is 2.33. The van der Waals surface area contributed by atoms with E-state index in [2.05, 4.69) is 75.4 Å². The summed E-state index contributed by atoms with van der Waals surface area (Å²) in [5, 5.41) is 2.51. The Morgan fingerprint density at radius 2 is 1.58 bits per heavy atom. The van der Waals surface area contributed by atoms with E-state index in [1.807, 2.05) is 0 Å². The van der Waals surface area contributed by atoms with E-state index >= 15 is 0 Å². The molecule has 0 spiro atoms. The summed E-state index contributed by atoms with van der Waals surface area (Å²) < 4.78 is 6.08. The summed E-state index contributed by atoms with van der Waals surface area (Å²) in [6.45, 7) is 6.52. The average Bonchev–Trinajstić information content (AvgIpc) is 2.92. The molecule has 0 fully saturated rings. The summed E-state index contributed by atoms with van der Waals surface area (Å²) in [6, 6.07) is 19.8. The maximum atomic E-state index is 6.08. The second-order valence-electron chi connectivity index (χ2n) is 6.75. The summed E-state index contributed by atoms with van der Waals surface area (Å²) in [5.41, 5.74) is 8.66. The molecule has 120 valence electrons. The van der Waals surface area contributed by atoms with Crippen molar-refractivity contribution in [1.82, 2.24) is 0 Å². The Balaban J connectivity index is 1.91. The Hall–Kier alpha value is -2.54. The molecule has 24 heavy (non-hydrogen) atoms. The molecule has 4 rings (SSSR count). The number of fused-ring (bicyclic) bond motifs is 3. The third-order valence-corrected chi connectivity index (χ3v) is 4.73. The van der Waals surface area contributed by atoms with Crippen LogP contribution in [0.5, 0.6) is 0 Å². The molecular formula is C23H22O. The lowest BCUT2D eigenvalue weighted by molar-refractivity contribution is 0.668. The van der Waals surface area contributed by atoms with E-state index in [-0.39, 0.29) is 0 Å². The van der Waals surface area contributed by atoms with Gasteiger partial charge in [-0.15, -0.1) is 0 Å². The van der Waals surface area contributed by atoms with E-state index in [4.69, 9.17) is 4.42 Å². The van der Waals surface area contributed by atoms with Gasteiger partial charge >= 0.3 is 0 Å². The quantitative estimate of drug-likeness (QED) is 0.429. The van der Waals surface area contributed by atoms with E-state index in [0.29, 0.717) is 0 Å². The fourth-order valence-electron chi connectivity index (χ4n) is 3.71. The Morgan fingerprint density at radius 3 is 2.33 bits per heavy atom. The predicted molar refractivity (Wildman–Crippen MR) is 102 cm³/mol. The molecule has 0 saturated carbocycles. The highest BCUT2D eigenvalue weighted by Gasteiger charge is 2.12. The molecule has 0 bridgehead atoms. The SMILES string of the molecule is CCc1ccc2oc3cccc(Cc4cc(C)cc(C)c4)c3c2c1. The van der Waals surface area contributed by atoms with Crippen molar-refractivity contribution in [3.63, 3.8) is 0 Å². The number of aryl methyl sites for hydroxylation is 3. The smallest absolute Gasteiger partial charge is 0.135 e. The van der Waals surface area contributed by atoms with Crippen molar-refractivity contribution in [2.75, 3.05) is 0 Å². The van der Waals surface area contributed by atoms with E-state index in [1.165, 1.54) is 38.6 Å². The van der Waals surface area contributed by atoms with Gasteiger partial charge in [0.2, 0.25) is 0 Å². The van der Waals surface area contributed by atoms with Gasteiger partial charge < -0.3 is 4.42 Å². The molecule has 3 aromatic carbocycles. The molecule has 0 aliphatic carbocycles. The van der Waals surface area contributed by atoms with Gasteiger partial charge in [-0.1, -0.05) is 54.4 Å². The summed E-state index contributed by atoms with van der Waals surface area (Å²) in [7, 11) is 0. The second-order valence-corrected chi connectivity index (χ2v) is 6.75. The van der Waals surface area contributed by atoms with Gasteiger partial charge in [0.05, 0.1) is 0 Å². The molecule has 0 saturated heterocycles. The topological polar surface area (TPSA) is 13.1 Å². The molecule has 0 unspecified atom stereocenters. The lowest BCUT2D eigenvalue weighted by Gasteiger charge is -2.07. The van der Waals surface area contributed by atoms with Crippen molar-refractivity contribution in [1.29, 1.82) is 0 Å². The first-order valence-electron chi connectivity index (χ1n) is 8.64. The lowest BCUT2D eigenvalue weighted by atomic mass is 9.97. The highest BCUT2D eigenvalue weighted by atomic mass is 16.3. The first-order valence-corrected chi connectivity index (χ1v) is 8.64. The van der Waals surface area contributed by atoms with Crippen LogP contribution in [0.3, 0.4) is 0 Å². The Bertz CT molecular complexity index is 1020. The molecule has 0 N–H and O–H groups in total. The summed E-state index contributed by atoms with van der Waals surface area (Å²) >= 11 is 0. The highest BCUT2D eigenvalue weighted by molar-refractivity contribution is 6.07. The maximum absolute atomic E-state index is 6.08. The minimum absolute atomic E-state index is 0.935. The van der Waals surface area contributed by atoms with Gasteiger partial charge in [0.1, 0.15) is 11.2 Å². The van der Waals surface area contributed by atoms with Crippen LogP contribution in [0.25, 0.3) is 21.9 Å². The van der Waals surface area contributed by atoms with Gasteiger partial charge in [-0.05, 0) is 61.6 Å². The van der Waals surface area contributed by atoms with Crippen LogP contribution in [0.15, 0.2) is 59.0 Å². The molecule has 0 radical (unpaired) electrons. The molecule has 4 aromatic rings. The number of hydrogen-bond acceptors (Lipinski definition) is 1. The van der Waals surface area contributed by atoms with Crippen molar-refractivity contribution >= 4 is 21.9 Å². The summed E-state index contributed by atoms with van der Waals surface area (Å²) in [6.07, 6.45) is 1.98. The largest absolute Gasteiger partial charge is 0.456 e. The minimum Gasteiger partial charge on any atom is -0.456 e. The first kappa shape index (κ1) is 15.0. The van der Waals surface area contributed by atoms with E-state index in [1.54, 1.807) is 0 Å². The van der Waals surface area contributed by atoms with Crippen LogP contribution in [-0.2, 0) is 12.8 Å². The molecular weight excluding hydrogens is 292 g/mol. The van der Waals surface area contributed by atoms with Crippen molar-refractivity contribution in [3.05, 3.63) is 82.4 Å². The van der Waals surface area contributed by atoms with Gasteiger partial charge in [-0.3, -0.25) is 0 Å². The third-order valence-electron chi connectivity index (χ3n) is 4.73. The van der Waals surface area contributed by atoms with Crippen LogP contribution in [0.1, 0.15) is 34.7 Å². The maximum Gasteiger partial charge on any atom is 0.135 e. The molecule has 1 nitrogen and oxygen atoms in total. The average molecular weight is 314 g/mol. The van der Waals surface area contributed by atoms with Gasteiger partial charge in [0.25, 0.3) is 0 Å². The van der Waals surface area contributed by atoms with Crippen LogP contribution in [0.4, 0.5) is 0 Å². The van der Waals surface area contributed by atoms with Crippen LogP contribution < -0.4 is 0 Å². The second kappa shape index (κ2) is 5.83. The zero-order chi connectivity index (χ0) is 16.7. The van der Waals surface area contributed by atoms with E-state index in [9.17, 15) is 0 Å². The Labute approximate surface area is 142 Å². The molecule has 1 heterocycles. The monoisotopic (exact) mass is 314 g/mol. The van der Waals surface area contributed by atoms with Crippen molar-refractivity contribution in [2.24, 2.45) is 0 Å².